The topological polar surface area (TPSA) is 24.9 Å². The van der Waals surface area contributed by atoms with Crippen molar-refractivity contribution >= 4 is 5.82 Å². The summed E-state index contributed by atoms with van der Waals surface area (Å²) in [5.74, 6) is 0.943. The summed E-state index contributed by atoms with van der Waals surface area (Å²) in [6, 6.07) is 14.8. The summed E-state index contributed by atoms with van der Waals surface area (Å²) < 4.78 is 0. The lowest BCUT2D eigenvalue weighted by Gasteiger charge is -2.11. The Morgan fingerprint density at radius 1 is 1.06 bits per heavy atom. The van der Waals surface area contributed by atoms with Crippen molar-refractivity contribution in [3.05, 3.63) is 48.0 Å². The van der Waals surface area contributed by atoms with E-state index in [-0.39, 0.29) is 0 Å². The molecular formula is C15H18N2. The van der Waals surface area contributed by atoms with Crippen LogP contribution in [0.1, 0.15) is 19.4 Å². The quantitative estimate of drug-likeness (QED) is 0.859. The summed E-state index contributed by atoms with van der Waals surface area (Å²) in [6.45, 7) is 6.33. The van der Waals surface area contributed by atoms with Gasteiger partial charge in [-0.1, -0.05) is 30.3 Å². The fraction of sp³-hybridized carbons (Fsp3) is 0.267. The van der Waals surface area contributed by atoms with Crippen molar-refractivity contribution < 1.29 is 0 Å². The fourth-order valence-corrected chi connectivity index (χ4v) is 1.79. The summed E-state index contributed by atoms with van der Waals surface area (Å²) in [6.07, 6.45) is 0. The maximum absolute atomic E-state index is 4.63. The van der Waals surface area contributed by atoms with Gasteiger partial charge in [-0.2, -0.15) is 0 Å². The molecule has 1 heterocycles. The molecule has 2 heteroatoms. The molecule has 88 valence electrons. The van der Waals surface area contributed by atoms with Gasteiger partial charge in [-0.15, -0.1) is 0 Å². The first-order valence-corrected chi connectivity index (χ1v) is 5.96. The average Bonchev–Trinajstić information content (AvgIpc) is 2.28. The van der Waals surface area contributed by atoms with Gasteiger partial charge >= 0.3 is 0 Å². The first-order valence-electron chi connectivity index (χ1n) is 5.96. The Balaban J connectivity index is 2.38. The maximum Gasteiger partial charge on any atom is 0.127 e. The van der Waals surface area contributed by atoms with Crippen molar-refractivity contribution in [2.24, 2.45) is 0 Å². The number of aryl methyl sites for hydroxylation is 1. The predicted molar refractivity (Wildman–Crippen MR) is 73.2 cm³/mol. The van der Waals surface area contributed by atoms with Crippen LogP contribution in [0.2, 0.25) is 0 Å². The normalized spacial score (nSPS) is 10.6. The maximum atomic E-state index is 4.63. The lowest BCUT2D eigenvalue weighted by atomic mass is 10.1. The molecule has 2 nitrogen and oxygen atoms in total. The third kappa shape index (κ3) is 3.06. The molecule has 0 spiro atoms. The number of pyridine rings is 1. The minimum atomic E-state index is 0.396. The highest BCUT2D eigenvalue weighted by Crippen LogP contribution is 2.20. The summed E-state index contributed by atoms with van der Waals surface area (Å²) in [5, 5.41) is 3.34. The Morgan fingerprint density at radius 2 is 1.76 bits per heavy atom. The molecule has 0 fully saturated rings. The summed E-state index contributed by atoms with van der Waals surface area (Å²) in [5.41, 5.74) is 3.40. The molecule has 0 saturated carbocycles. The zero-order valence-corrected chi connectivity index (χ0v) is 10.6. The van der Waals surface area contributed by atoms with Gasteiger partial charge in [0.05, 0.1) is 5.69 Å². The number of rotatable bonds is 3. The van der Waals surface area contributed by atoms with E-state index in [1.807, 2.05) is 18.2 Å². The molecule has 1 aromatic carbocycles. The van der Waals surface area contributed by atoms with Gasteiger partial charge < -0.3 is 5.32 Å². The van der Waals surface area contributed by atoms with Crippen LogP contribution in [0.4, 0.5) is 5.82 Å². The van der Waals surface area contributed by atoms with E-state index in [4.69, 9.17) is 0 Å². The van der Waals surface area contributed by atoms with Gasteiger partial charge in [0, 0.05) is 11.6 Å². The van der Waals surface area contributed by atoms with Crippen LogP contribution < -0.4 is 5.32 Å². The van der Waals surface area contributed by atoms with E-state index in [9.17, 15) is 0 Å². The Labute approximate surface area is 103 Å². The predicted octanol–water partition coefficient (Wildman–Crippen LogP) is 3.88. The molecule has 2 aromatic rings. The van der Waals surface area contributed by atoms with Gasteiger partial charge in [0.25, 0.3) is 0 Å². The molecule has 0 amide bonds. The third-order valence-corrected chi connectivity index (χ3v) is 2.48. The number of hydrogen-bond donors (Lipinski definition) is 1. The highest BCUT2D eigenvalue weighted by molar-refractivity contribution is 5.62. The lowest BCUT2D eigenvalue weighted by molar-refractivity contribution is 0.889. The van der Waals surface area contributed by atoms with Gasteiger partial charge in [0.1, 0.15) is 5.82 Å². The number of aromatic nitrogens is 1. The first-order chi connectivity index (χ1) is 8.15. The smallest absolute Gasteiger partial charge is 0.127 e. The molecule has 0 radical (unpaired) electrons. The van der Waals surface area contributed by atoms with Gasteiger partial charge in [0.2, 0.25) is 0 Å². The number of anilines is 1. The minimum absolute atomic E-state index is 0.396. The standard InChI is InChI=1S/C15H18N2/c1-11(2)16-15-10-12(3)9-14(17-15)13-7-5-4-6-8-13/h4-11H,1-3H3,(H,16,17). The SMILES string of the molecule is Cc1cc(NC(C)C)nc(-c2ccccc2)c1. The van der Waals surface area contributed by atoms with Crippen molar-refractivity contribution in [2.45, 2.75) is 26.8 Å². The van der Waals surface area contributed by atoms with Crippen LogP contribution in [0.15, 0.2) is 42.5 Å². The van der Waals surface area contributed by atoms with E-state index in [1.165, 1.54) is 5.56 Å². The van der Waals surface area contributed by atoms with Crippen LogP contribution in [-0.2, 0) is 0 Å². The summed E-state index contributed by atoms with van der Waals surface area (Å²) in [7, 11) is 0. The van der Waals surface area contributed by atoms with E-state index >= 15 is 0 Å². The van der Waals surface area contributed by atoms with Crippen molar-refractivity contribution in [3.8, 4) is 11.3 Å². The van der Waals surface area contributed by atoms with Gasteiger partial charge in [-0.25, -0.2) is 4.98 Å². The Hall–Kier alpha value is -1.83. The van der Waals surface area contributed by atoms with Crippen LogP contribution in [-0.4, -0.2) is 11.0 Å². The van der Waals surface area contributed by atoms with Crippen molar-refractivity contribution in [3.63, 3.8) is 0 Å². The van der Waals surface area contributed by atoms with Crippen LogP contribution in [0.3, 0.4) is 0 Å². The highest BCUT2D eigenvalue weighted by atomic mass is 15.0. The van der Waals surface area contributed by atoms with Crippen molar-refractivity contribution in [1.82, 2.24) is 4.98 Å². The second kappa shape index (κ2) is 5.00. The Morgan fingerprint density at radius 3 is 2.41 bits per heavy atom. The molecule has 0 unspecified atom stereocenters. The molecule has 0 aliphatic rings. The van der Waals surface area contributed by atoms with Crippen LogP contribution in [0.25, 0.3) is 11.3 Å². The van der Waals surface area contributed by atoms with E-state index in [1.54, 1.807) is 0 Å². The molecule has 0 saturated heterocycles. The fourth-order valence-electron chi connectivity index (χ4n) is 1.79. The lowest BCUT2D eigenvalue weighted by Crippen LogP contribution is -2.11. The van der Waals surface area contributed by atoms with Crippen LogP contribution in [0.5, 0.6) is 0 Å². The van der Waals surface area contributed by atoms with E-state index in [0.29, 0.717) is 6.04 Å². The molecule has 0 atom stereocenters. The second-order valence-corrected chi connectivity index (χ2v) is 4.58. The van der Waals surface area contributed by atoms with Gasteiger partial charge in [-0.3, -0.25) is 0 Å². The van der Waals surface area contributed by atoms with Crippen LogP contribution in [0, 0.1) is 6.92 Å². The molecule has 2 rings (SSSR count). The number of nitrogens with zero attached hydrogens (tertiary/aromatic N) is 1. The minimum Gasteiger partial charge on any atom is -0.368 e. The highest BCUT2D eigenvalue weighted by Gasteiger charge is 2.03. The molecule has 0 aliphatic carbocycles. The molecule has 0 bridgehead atoms. The molecule has 1 aromatic heterocycles. The van der Waals surface area contributed by atoms with Crippen LogP contribution >= 0.6 is 0 Å². The second-order valence-electron chi connectivity index (χ2n) is 4.58. The Kier molecular flexibility index (Phi) is 3.43. The summed E-state index contributed by atoms with van der Waals surface area (Å²) >= 11 is 0. The zero-order valence-electron chi connectivity index (χ0n) is 10.6. The molecule has 1 N–H and O–H groups in total. The number of nitrogens with one attached hydrogen (secondary N) is 1. The molecular weight excluding hydrogens is 208 g/mol. The summed E-state index contributed by atoms with van der Waals surface area (Å²) in [4.78, 5) is 4.63. The Bertz CT molecular complexity index is 490. The van der Waals surface area contributed by atoms with E-state index in [0.717, 1.165) is 17.1 Å². The average molecular weight is 226 g/mol. The van der Waals surface area contributed by atoms with Crippen molar-refractivity contribution in [2.75, 3.05) is 5.32 Å². The van der Waals surface area contributed by atoms with E-state index in [2.05, 4.69) is 55.3 Å². The number of hydrogen-bond acceptors (Lipinski definition) is 2. The van der Waals surface area contributed by atoms with E-state index < -0.39 is 0 Å². The van der Waals surface area contributed by atoms with Crippen molar-refractivity contribution in [1.29, 1.82) is 0 Å². The first kappa shape index (κ1) is 11.6. The third-order valence-electron chi connectivity index (χ3n) is 2.48. The largest absolute Gasteiger partial charge is 0.368 e. The molecule has 17 heavy (non-hydrogen) atoms. The monoisotopic (exact) mass is 226 g/mol. The number of benzene rings is 1. The zero-order chi connectivity index (χ0) is 12.3. The van der Waals surface area contributed by atoms with Gasteiger partial charge in [0.15, 0.2) is 0 Å². The molecule has 0 aliphatic heterocycles. The van der Waals surface area contributed by atoms with Gasteiger partial charge in [-0.05, 0) is 38.5 Å².